The number of benzene rings is 1. The van der Waals surface area contributed by atoms with Crippen LogP contribution < -0.4 is 10.1 Å². The molecule has 2 N–H and O–H groups in total. The Bertz CT molecular complexity index is 451. The van der Waals surface area contributed by atoms with E-state index >= 15 is 0 Å². The lowest BCUT2D eigenvalue weighted by Gasteiger charge is -2.39. The second-order valence-corrected chi connectivity index (χ2v) is 5.53. The van der Waals surface area contributed by atoms with Gasteiger partial charge in [-0.15, -0.1) is 0 Å². The summed E-state index contributed by atoms with van der Waals surface area (Å²) < 4.78 is 5.68. The van der Waals surface area contributed by atoms with E-state index in [2.05, 4.69) is 5.32 Å². The molecule has 1 fully saturated rings. The lowest BCUT2D eigenvalue weighted by atomic mass is 9.99. The van der Waals surface area contributed by atoms with Gasteiger partial charge in [-0.1, -0.05) is 18.2 Å². The van der Waals surface area contributed by atoms with Crippen molar-refractivity contribution in [2.75, 3.05) is 12.4 Å². The summed E-state index contributed by atoms with van der Waals surface area (Å²) in [5.41, 5.74) is 1.07. The van der Waals surface area contributed by atoms with Crippen molar-refractivity contribution in [3.8, 4) is 5.75 Å². The third kappa shape index (κ3) is 1.89. The minimum Gasteiger partial charge on any atom is -0.492 e. The van der Waals surface area contributed by atoms with Crippen LogP contribution >= 0.6 is 11.8 Å². The fourth-order valence-corrected chi connectivity index (χ4v) is 3.57. The second-order valence-electron chi connectivity index (χ2n) is 4.26. The van der Waals surface area contributed by atoms with Gasteiger partial charge >= 0.3 is 5.97 Å². The van der Waals surface area contributed by atoms with Gasteiger partial charge in [0.15, 0.2) is 0 Å². The average Bonchev–Trinajstić information content (AvgIpc) is 2.38. The number of fused-ring (bicyclic) bond motifs is 3. The summed E-state index contributed by atoms with van der Waals surface area (Å²) in [7, 11) is 0. The Morgan fingerprint density at radius 1 is 1.47 bits per heavy atom. The number of carboxylic acids is 1. The van der Waals surface area contributed by atoms with Crippen LogP contribution in [0.5, 0.6) is 5.75 Å². The second kappa shape index (κ2) is 4.23. The summed E-state index contributed by atoms with van der Waals surface area (Å²) >= 11 is 1.68. The van der Waals surface area contributed by atoms with Crippen molar-refractivity contribution in [2.24, 2.45) is 0 Å². The molecule has 0 aromatic heterocycles. The van der Waals surface area contributed by atoms with Gasteiger partial charge in [-0.05, 0) is 6.07 Å². The number of aliphatic carboxylic acids is 1. The van der Waals surface area contributed by atoms with E-state index in [-0.39, 0.29) is 6.04 Å². The topological polar surface area (TPSA) is 58.6 Å². The summed E-state index contributed by atoms with van der Waals surface area (Å²) in [4.78, 5) is 11.0. The molecule has 2 heterocycles. The van der Waals surface area contributed by atoms with Gasteiger partial charge in [0.1, 0.15) is 18.4 Å². The van der Waals surface area contributed by atoms with Gasteiger partial charge in [-0.25, -0.2) is 0 Å². The quantitative estimate of drug-likeness (QED) is 0.787. The van der Waals surface area contributed by atoms with Crippen LogP contribution in [-0.2, 0) is 4.79 Å². The number of rotatable bonds is 1. The van der Waals surface area contributed by atoms with Crippen molar-refractivity contribution in [2.45, 2.75) is 17.3 Å². The summed E-state index contributed by atoms with van der Waals surface area (Å²) in [6, 6.07) is 7.45. The van der Waals surface area contributed by atoms with Crippen molar-refractivity contribution >= 4 is 17.7 Å². The smallest absolute Gasteiger partial charge is 0.321 e. The molecule has 3 atom stereocenters. The maximum absolute atomic E-state index is 11.0. The van der Waals surface area contributed by atoms with Crippen LogP contribution in [0.1, 0.15) is 11.6 Å². The highest BCUT2D eigenvalue weighted by Gasteiger charge is 2.38. The number of ether oxygens (including phenoxy) is 1. The van der Waals surface area contributed by atoms with Gasteiger partial charge in [0.05, 0.1) is 11.3 Å². The summed E-state index contributed by atoms with van der Waals surface area (Å²) in [6.07, 6.45) is 0. The van der Waals surface area contributed by atoms with E-state index in [1.54, 1.807) is 11.8 Å². The molecule has 2 aliphatic rings. The standard InChI is InChI=1S/C12H13NO3S/c14-12(15)8-6-17-10-5-16-9-4-2-1-3-7(9)11(10)13-8/h1-4,8,10-11,13H,5-6H2,(H,14,15). The molecule has 1 saturated heterocycles. The van der Waals surface area contributed by atoms with E-state index in [4.69, 9.17) is 9.84 Å². The highest BCUT2D eigenvalue weighted by atomic mass is 32.2. The number of carbonyl (C=O) groups is 1. The third-order valence-electron chi connectivity index (χ3n) is 3.18. The molecule has 0 spiro atoms. The largest absolute Gasteiger partial charge is 0.492 e. The first-order valence-corrected chi connectivity index (χ1v) is 6.63. The molecule has 1 aromatic rings. The molecule has 0 aliphatic carbocycles. The first-order chi connectivity index (χ1) is 8.25. The number of para-hydroxylation sites is 1. The molecule has 2 aliphatic heterocycles. The maximum Gasteiger partial charge on any atom is 0.321 e. The first kappa shape index (κ1) is 10.9. The Balaban J connectivity index is 1.91. The summed E-state index contributed by atoms with van der Waals surface area (Å²) in [5, 5.41) is 12.6. The molecular weight excluding hydrogens is 238 g/mol. The Morgan fingerprint density at radius 2 is 2.29 bits per heavy atom. The van der Waals surface area contributed by atoms with Crippen molar-refractivity contribution in [3.63, 3.8) is 0 Å². The van der Waals surface area contributed by atoms with E-state index in [1.165, 1.54) is 0 Å². The zero-order valence-electron chi connectivity index (χ0n) is 9.13. The highest BCUT2D eigenvalue weighted by molar-refractivity contribution is 8.00. The minimum atomic E-state index is -0.778. The molecule has 0 amide bonds. The van der Waals surface area contributed by atoms with Gasteiger partial charge < -0.3 is 9.84 Å². The van der Waals surface area contributed by atoms with Crippen LogP contribution in [0, 0.1) is 0 Å². The summed E-state index contributed by atoms with van der Waals surface area (Å²) in [5.74, 6) is 0.690. The minimum absolute atomic E-state index is 0.0831. The fourth-order valence-electron chi connectivity index (χ4n) is 2.31. The zero-order valence-corrected chi connectivity index (χ0v) is 9.94. The lowest BCUT2D eigenvalue weighted by Crippen LogP contribution is -2.51. The Morgan fingerprint density at radius 3 is 3.12 bits per heavy atom. The van der Waals surface area contributed by atoms with Crippen molar-refractivity contribution in [3.05, 3.63) is 29.8 Å². The van der Waals surface area contributed by atoms with Crippen LogP contribution in [-0.4, -0.2) is 34.7 Å². The third-order valence-corrected chi connectivity index (χ3v) is 4.55. The molecular formula is C12H13NO3S. The van der Waals surface area contributed by atoms with Crippen LogP contribution in [0.4, 0.5) is 0 Å². The molecule has 4 nitrogen and oxygen atoms in total. The number of hydrogen-bond acceptors (Lipinski definition) is 4. The zero-order chi connectivity index (χ0) is 11.8. The molecule has 0 saturated carbocycles. The monoisotopic (exact) mass is 251 g/mol. The number of carboxylic acid groups (broad SMARTS) is 1. The van der Waals surface area contributed by atoms with Crippen LogP contribution in [0.2, 0.25) is 0 Å². The van der Waals surface area contributed by atoms with Gasteiger partial charge in [0.25, 0.3) is 0 Å². The predicted octanol–water partition coefficient (Wildman–Crippen LogP) is 1.28. The number of thioether (sulfide) groups is 1. The van der Waals surface area contributed by atoms with Crippen molar-refractivity contribution < 1.29 is 14.6 Å². The molecule has 5 heteroatoms. The van der Waals surface area contributed by atoms with Crippen LogP contribution in [0.25, 0.3) is 0 Å². The van der Waals surface area contributed by atoms with E-state index in [9.17, 15) is 4.79 Å². The number of hydrogen-bond donors (Lipinski definition) is 2. The van der Waals surface area contributed by atoms with Gasteiger partial charge in [0.2, 0.25) is 0 Å². The molecule has 0 bridgehead atoms. The highest BCUT2D eigenvalue weighted by Crippen LogP contribution is 2.40. The van der Waals surface area contributed by atoms with E-state index in [1.807, 2.05) is 24.3 Å². The van der Waals surface area contributed by atoms with Crippen LogP contribution in [0.3, 0.4) is 0 Å². The molecule has 3 unspecified atom stereocenters. The Labute approximate surface area is 103 Å². The Hall–Kier alpha value is -1.20. The molecule has 0 radical (unpaired) electrons. The molecule has 17 heavy (non-hydrogen) atoms. The molecule has 90 valence electrons. The summed E-state index contributed by atoms with van der Waals surface area (Å²) in [6.45, 7) is 0.645. The predicted molar refractivity (Wildman–Crippen MR) is 65.5 cm³/mol. The normalized spacial score (nSPS) is 30.9. The van der Waals surface area contributed by atoms with Crippen LogP contribution in [0.15, 0.2) is 24.3 Å². The fraction of sp³-hybridized carbons (Fsp3) is 0.417. The maximum atomic E-state index is 11.0. The van der Waals surface area contributed by atoms with Gasteiger partial charge in [-0.2, -0.15) is 11.8 Å². The molecule has 3 rings (SSSR count). The lowest BCUT2D eigenvalue weighted by molar-refractivity contribution is -0.139. The Kier molecular flexibility index (Phi) is 2.72. The first-order valence-electron chi connectivity index (χ1n) is 5.58. The van der Waals surface area contributed by atoms with E-state index in [0.717, 1.165) is 11.3 Å². The van der Waals surface area contributed by atoms with Gasteiger partial charge in [0, 0.05) is 11.3 Å². The van der Waals surface area contributed by atoms with Crippen molar-refractivity contribution in [1.29, 1.82) is 0 Å². The molecule has 1 aromatic carbocycles. The van der Waals surface area contributed by atoms with E-state index < -0.39 is 12.0 Å². The van der Waals surface area contributed by atoms with E-state index in [0.29, 0.717) is 17.6 Å². The SMILES string of the molecule is O=C(O)C1CSC2COc3ccccc3C2N1. The van der Waals surface area contributed by atoms with Gasteiger partial charge in [-0.3, -0.25) is 10.1 Å². The average molecular weight is 251 g/mol. The van der Waals surface area contributed by atoms with Crippen molar-refractivity contribution in [1.82, 2.24) is 5.32 Å². The number of nitrogens with one attached hydrogen (secondary N) is 1.